The number of anilines is 6. The Bertz CT molecular complexity index is 4280. The Hall–Kier alpha value is -10.3. The molecule has 21 nitrogen and oxygen atoms in total. The van der Waals surface area contributed by atoms with Crippen LogP contribution in [0.25, 0.3) is 32.7 Å². The molecule has 3 saturated heterocycles. The first-order valence-corrected chi connectivity index (χ1v) is 32.1. The number of alkyl halides is 6. The molecule has 6 aromatic heterocycles. The van der Waals surface area contributed by atoms with E-state index in [1.807, 2.05) is 30.0 Å². The van der Waals surface area contributed by atoms with E-state index in [4.69, 9.17) is 11.5 Å². The van der Waals surface area contributed by atoms with Gasteiger partial charge in [0.25, 0.3) is 19.3 Å². The number of fused-ring (bicyclic) bond motifs is 3. The van der Waals surface area contributed by atoms with Crippen LogP contribution in [0.5, 0.6) is 0 Å². The summed E-state index contributed by atoms with van der Waals surface area (Å²) in [5.74, 6) is 1.41. The summed E-state index contributed by atoms with van der Waals surface area (Å²) in [5, 5.41) is 11.5. The van der Waals surface area contributed by atoms with Crippen LogP contribution in [0.2, 0.25) is 0 Å². The molecular formula is C69H75F9N18O3. The predicted octanol–water partition coefficient (Wildman–Crippen LogP) is 12.8. The zero-order valence-corrected chi connectivity index (χ0v) is 55.6. The fourth-order valence-corrected chi connectivity index (χ4v) is 12.3. The van der Waals surface area contributed by atoms with Crippen molar-refractivity contribution in [2.45, 2.75) is 112 Å². The Kier molecular flexibility index (Phi) is 21.8. The summed E-state index contributed by atoms with van der Waals surface area (Å²) in [6.45, 7) is 18.5. The molecule has 7 N–H and O–H groups in total. The highest BCUT2D eigenvalue weighted by Gasteiger charge is 2.40. The Morgan fingerprint density at radius 3 is 1.14 bits per heavy atom. The van der Waals surface area contributed by atoms with Crippen LogP contribution in [0.15, 0.2) is 91.4 Å². The number of hydrogen-bond acceptors (Lipinski definition) is 18. The number of primary amides is 2. The molecular weight excluding hydrogens is 1300 g/mol. The number of piperidine rings is 1. The third kappa shape index (κ3) is 16.2. The second-order valence-corrected chi connectivity index (χ2v) is 25.0. The van der Waals surface area contributed by atoms with Crippen LogP contribution in [0.3, 0.4) is 0 Å². The van der Waals surface area contributed by atoms with Gasteiger partial charge in [0.05, 0.1) is 75.4 Å². The number of aryl methyl sites for hydroxylation is 3. The lowest BCUT2D eigenvalue weighted by molar-refractivity contribution is -0.129. The van der Waals surface area contributed by atoms with Gasteiger partial charge in [-0.3, -0.25) is 14.4 Å². The van der Waals surface area contributed by atoms with Crippen molar-refractivity contribution >= 4 is 85.3 Å². The van der Waals surface area contributed by atoms with Crippen LogP contribution in [-0.4, -0.2) is 120 Å². The van der Waals surface area contributed by atoms with E-state index in [1.165, 1.54) is 36.4 Å². The van der Waals surface area contributed by atoms with Crippen molar-refractivity contribution in [1.29, 1.82) is 0 Å². The van der Waals surface area contributed by atoms with E-state index in [-0.39, 0.29) is 40.3 Å². The molecule has 12 rings (SSSR count). The van der Waals surface area contributed by atoms with E-state index in [9.17, 15) is 53.9 Å². The number of carbonyl (C=O) groups is 3. The smallest absolute Gasteiger partial charge is 0.266 e. The van der Waals surface area contributed by atoms with Crippen LogP contribution in [0.1, 0.15) is 142 Å². The number of carbonyl (C=O) groups excluding carboxylic acids is 3. The summed E-state index contributed by atoms with van der Waals surface area (Å²) >= 11 is 0. The van der Waals surface area contributed by atoms with Crippen molar-refractivity contribution in [1.82, 2.24) is 49.8 Å². The van der Waals surface area contributed by atoms with E-state index in [2.05, 4.69) is 70.6 Å². The number of hydrogen-bond donors (Lipinski definition) is 5. The number of piperazine rings is 1. The molecule has 3 aromatic carbocycles. The van der Waals surface area contributed by atoms with Gasteiger partial charge in [0.15, 0.2) is 0 Å². The molecule has 99 heavy (non-hydrogen) atoms. The quantitative estimate of drug-likeness (QED) is 0.0530. The molecule has 0 radical (unpaired) electrons. The third-order valence-electron chi connectivity index (χ3n) is 18.0. The average Bonchev–Trinajstić information content (AvgIpc) is 1.53. The van der Waals surface area contributed by atoms with Crippen molar-refractivity contribution in [3.63, 3.8) is 0 Å². The van der Waals surface area contributed by atoms with E-state index in [0.29, 0.717) is 151 Å². The molecule has 0 bridgehead atoms. The number of pyridine rings is 3. The molecule has 3 aliphatic rings. The van der Waals surface area contributed by atoms with Gasteiger partial charge < -0.3 is 47.0 Å². The van der Waals surface area contributed by atoms with Crippen molar-refractivity contribution in [3.05, 3.63) is 160 Å². The zero-order chi connectivity index (χ0) is 71.3. The Balaban J connectivity index is 0.000000161. The maximum Gasteiger partial charge on any atom is 0.266 e. The minimum atomic E-state index is -2.90. The normalized spacial score (nSPS) is 16.8. The molecule has 0 spiro atoms. The van der Waals surface area contributed by atoms with E-state index in [0.717, 1.165) is 24.0 Å². The third-order valence-corrected chi connectivity index (χ3v) is 18.0. The Labute approximate surface area is 564 Å². The number of nitrogens with one attached hydrogen (secondary N) is 3. The van der Waals surface area contributed by atoms with Gasteiger partial charge in [-0.25, -0.2) is 84.4 Å². The second-order valence-electron chi connectivity index (χ2n) is 25.0. The molecule has 30 heteroatoms. The number of rotatable bonds is 17. The Morgan fingerprint density at radius 1 is 0.495 bits per heavy atom. The summed E-state index contributed by atoms with van der Waals surface area (Å²) in [4.78, 5) is 83.0. The molecule has 1 unspecified atom stereocenters. The lowest BCUT2D eigenvalue weighted by Gasteiger charge is -2.35. The number of nitrogens with two attached hydrogens (primary N) is 2. The van der Waals surface area contributed by atoms with Gasteiger partial charge in [-0.1, -0.05) is 54.6 Å². The molecule has 3 aliphatic heterocycles. The minimum Gasteiger partial charge on any atom is -0.369 e. The van der Waals surface area contributed by atoms with Crippen molar-refractivity contribution in [2.24, 2.45) is 22.8 Å². The largest absolute Gasteiger partial charge is 0.369 e. The minimum absolute atomic E-state index is 0.0496. The zero-order valence-electron chi connectivity index (χ0n) is 55.6. The monoisotopic (exact) mass is 1370 g/mol. The lowest BCUT2D eigenvalue weighted by Crippen LogP contribution is -2.48. The maximum absolute atomic E-state index is 14.7. The number of benzene rings is 3. The molecule has 3 fully saturated rings. The van der Waals surface area contributed by atoms with Crippen LogP contribution in [0, 0.1) is 49.6 Å². The van der Waals surface area contributed by atoms with Gasteiger partial charge >= 0.3 is 0 Å². The first-order chi connectivity index (χ1) is 47.1. The number of halogens is 9. The number of nitrogens with zero attached hydrogens (tertiary/aromatic N) is 13. The second kappa shape index (κ2) is 30.2. The molecule has 4 atom stereocenters. The van der Waals surface area contributed by atoms with Gasteiger partial charge in [-0.2, -0.15) is 0 Å². The number of amides is 3. The van der Waals surface area contributed by atoms with Crippen molar-refractivity contribution < 1.29 is 53.9 Å². The predicted molar refractivity (Wildman–Crippen MR) is 359 cm³/mol. The highest BCUT2D eigenvalue weighted by molar-refractivity contribution is 5.93. The standard InChI is InChI=1S/3C23H25F3N6O/c1-13(16-5-4-6-17(21(16)24)22(25)26)28-23-18-11-20(27-12-19(18)29-14(2)30-23)32-9-7-31(8-10-32)15(3)33;1-12(14-5-4-6-15(19(14)24)20(25)26)29-21-16-9-18(28-10-17(16)30-13(2)31-21)32-8-7-23(3,11-32)22(27)33;1-12(15-4-3-5-16(20(15)24)21(25)26)29-23-17-10-19(28-11-18(17)30-13(2)31-23)32-8-6-14(7-9-32)22(27)33/h4-6,11-13,22H,7-10H2,1-3H3,(H,28,29,30);4-6,9-10,12,20H,7-8,11H2,1-3H3,(H2,27,33)(H,29,30,31);3-5,10-12,14,21H,6-9H2,1-2H3,(H2,27,33)(H,29,30,31)/t13-;12-,23?;12-/m111/s1. The summed E-state index contributed by atoms with van der Waals surface area (Å²) in [6.07, 6.45) is -1.84. The summed E-state index contributed by atoms with van der Waals surface area (Å²) < 4.78 is 123. The summed E-state index contributed by atoms with van der Waals surface area (Å²) in [7, 11) is 0. The first-order valence-electron chi connectivity index (χ1n) is 32.1. The SMILES string of the molecule is CC(=O)N1CCN(c2cc3c(N[C@H](C)c4cccc(C(F)F)c4F)nc(C)nc3cn2)CC1.Cc1nc(N[C@H](C)c2cccc(C(F)F)c2F)c2cc(N3CCC(C(N)=O)CC3)ncc2n1.Cc1nc(N[C@H](C)c2cccc(C(F)F)c2F)c2cc(N3CCC(C)(C(N)=O)C3)ncc2n1. The first kappa shape index (κ1) is 71.5. The molecule has 3 amide bonds. The highest BCUT2D eigenvalue weighted by Crippen LogP contribution is 2.38. The molecule has 9 heterocycles. The summed E-state index contributed by atoms with van der Waals surface area (Å²) in [6, 6.07) is 15.6. The highest BCUT2D eigenvalue weighted by atomic mass is 19.3. The van der Waals surface area contributed by atoms with Crippen LogP contribution >= 0.6 is 0 Å². The fourth-order valence-electron chi connectivity index (χ4n) is 12.3. The van der Waals surface area contributed by atoms with Crippen LogP contribution < -0.4 is 42.1 Å². The summed E-state index contributed by atoms with van der Waals surface area (Å²) in [5.41, 5.74) is 10.6. The fraction of sp³-hybridized carbons (Fsp3) is 0.391. The Morgan fingerprint density at radius 2 is 0.828 bits per heavy atom. The topological polar surface area (TPSA) is 268 Å². The van der Waals surface area contributed by atoms with Gasteiger partial charge in [-0.05, 0) is 85.9 Å². The average molecular weight is 1380 g/mol. The molecule has 9 aromatic rings. The maximum atomic E-state index is 14.7. The van der Waals surface area contributed by atoms with Gasteiger partial charge in [0, 0.05) is 98.0 Å². The van der Waals surface area contributed by atoms with Gasteiger partial charge in [0.1, 0.15) is 69.8 Å². The van der Waals surface area contributed by atoms with E-state index >= 15 is 0 Å². The molecule has 0 saturated carbocycles. The van der Waals surface area contributed by atoms with E-state index < -0.39 is 77.0 Å². The van der Waals surface area contributed by atoms with Gasteiger partial charge in [0.2, 0.25) is 17.7 Å². The van der Waals surface area contributed by atoms with E-state index in [1.54, 1.807) is 72.0 Å². The van der Waals surface area contributed by atoms with Gasteiger partial charge in [-0.15, -0.1) is 0 Å². The lowest BCUT2D eigenvalue weighted by atomic mass is 9.89. The van der Waals surface area contributed by atoms with Crippen molar-refractivity contribution in [2.75, 3.05) is 83.0 Å². The molecule has 0 aliphatic carbocycles. The number of aromatic nitrogens is 9. The van der Waals surface area contributed by atoms with Crippen LogP contribution in [0.4, 0.5) is 74.4 Å². The van der Waals surface area contributed by atoms with Crippen LogP contribution in [-0.2, 0) is 14.4 Å². The molecule has 522 valence electrons. The van der Waals surface area contributed by atoms with Crippen molar-refractivity contribution in [3.8, 4) is 0 Å².